The third-order valence-electron chi connectivity index (χ3n) is 6.81. The van der Waals surface area contributed by atoms with Crippen molar-refractivity contribution in [3.05, 3.63) is 140 Å². The normalized spacial score (nSPS) is 11.2. The lowest BCUT2D eigenvalue weighted by Gasteiger charge is -2.12. The minimum absolute atomic E-state index is 0.711. The van der Waals surface area contributed by atoms with E-state index in [4.69, 9.17) is 9.97 Å². The Labute approximate surface area is 215 Å². The molecule has 3 nitrogen and oxygen atoms in total. The van der Waals surface area contributed by atoms with Gasteiger partial charge in [0.25, 0.3) is 0 Å². The number of hydrogen-bond donors (Lipinski definition) is 0. The number of aromatic nitrogens is 3. The summed E-state index contributed by atoms with van der Waals surface area (Å²) in [6.07, 6.45) is 0. The van der Waals surface area contributed by atoms with Crippen LogP contribution in [-0.2, 0) is 0 Å². The van der Waals surface area contributed by atoms with Crippen LogP contribution in [0.4, 0.5) is 0 Å². The molecule has 0 N–H and O–H groups in total. The molecule has 0 fully saturated rings. The molecule has 0 aliphatic heterocycles. The van der Waals surface area contributed by atoms with Gasteiger partial charge in [-0.25, -0.2) is 9.97 Å². The van der Waals surface area contributed by atoms with Crippen LogP contribution >= 0.6 is 0 Å². The maximum atomic E-state index is 5.03. The van der Waals surface area contributed by atoms with Crippen LogP contribution in [0.2, 0.25) is 0 Å². The Morgan fingerprint density at radius 1 is 0.405 bits per heavy atom. The van der Waals surface area contributed by atoms with E-state index in [0.717, 1.165) is 33.8 Å². The smallest absolute Gasteiger partial charge is 0.160 e. The minimum atomic E-state index is 0.711. The standard InChI is InChI=1S/C34H23N3/c1-3-12-24(13-4-1)30-23-31(25-14-5-2-6-15-25)36-34(35-30)26-16-11-17-27(22-26)37-32-20-9-7-18-28(32)29-19-8-10-21-33(29)37/h1-23H. The van der Waals surface area contributed by atoms with Crippen LogP contribution in [0.1, 0.15) is 0 Å². The molecular formula is C34H23N3. The Kier molecular flexibility index (Phi) is 5.11. The zero-order chi connectivity index (χ0) is 24.6. The number of hydrogen-bond acceptors (Lipinski definition) is 2. The lowest BCUT2D eigenvalue weighted by Crippen LogP contribution is -1.98. The predicted octanol–water partition coefficient (Wildman–Crippen LogP) is 8.57. The Morgan fingerprint density at radius 2 is 0.892 bits per heavy atom. The highest BCUT2D eigenvalue weighted by Crippen LogP contribution is 2.33. The van der Waals surface area contributed by atoms with Gasteiger partial charge in [-0.15, -0.1) is 0 Å². The fourth-order valence-corrected chi connectivity index (χ4v) is 5.07. The lowest BCUT2D eigenvalue weighted by atomic mass is 10.1. The Balaban J connectivity index is 1.44. The third kappa shape index (κ3) is 3.78. The average Bonchev–Trinajstić information content (AvgIpc) is 3.32. The molecule has 2 aromatic heterocycles. The number of rotatable bonds is 4. The van der Waals surface area contributed by atoms with E-state index >= 15 is 0 Å². The van der Waals surface area contributed by atoms with Gasteiger partial charge in [0, 0.05) is 33.2 Å². The van der Waals surface area contributed by atoms with Gasteiger partial charge in [-0.05, 0) is 30.3 Å². The minimum Gasteiger partial charge on any atom is -0.309 e. The number of benzene rings is 5. The van der Waals surface area contributed by atoms with Crippen LogP contribution in [0.3, 0.4) is 0 Å². The summed E-state index contributed by atoms with van der Waals surface area (Å²) >= 11 is 0. The molecule has 0 aliphatic rings. The van der Waals surface area contributed by atoms with E-state index in [2.05, 4.69) is 108 Å². The number of para-hydroxylation sites is 2. The Morgan fingerprint density at radius 3 is 1.46 bits per heavy atom. The summed E-state index contributed by atoms with van der Waals surface area (Å²) in [5.41, 5.74) is 8.40. The maximum absolute atomic E-state index is 5.03. The van der Waals surface area contributed by atoms with E-state index in [-0.39, 0.29) is 0 Å². The summed E-state index contributed by atoms with van der Waals surface area (Å²) in [4.78, 5) is 10.1. The molecule has 5 aromatic carbocycles. The third-order valence-corrected chi connectivity index (χ3v) is 6.81. The molecule has 2 heterocycles. The molecule has 0 unspecified atom stereocenters. The van der Waals surface area contributed by atoms with E-state index < -0.39 is 0 Å². The molecule has 0 atom stereocenters. The van der Waals surface area contributed by atoms with Gasteiger partial charge in [-0.2, -0.15) is 0 Å². The van der Waals surface area contributed by atoms with Crippen molar-refractivity contribution in [3.63, 3.8) is 0 Å². The Hall–Kier alpha value is -5.02. The number of fused-ring (bicyclic) bond motifs is 3. The van der Waals surface area contributed by atoms with Gasteiger partial charge in [-0.1, -0.05) is 109 Å². The molecule has 7 rings (SSSR count). The van der Waals surface area contributed by atoms with Gasteiger partial charge in [0.05, 0.1) is 22.4 Å². The summed E-state index contributed by atoms with van der Waals surface area (Å²) in [7, 11) is 0. The molecule has 0 saturated carbocycles. The first kappa shape index (κ1) is 21.3. The van der Waals surface area contributed by atoms with Crippen molar-refractivity contribution in [1.82, 2.24) is 14.5 Å². The fraction of sp³-hybridized carbons (Fsp3) is 0. The van der Waals surface area contributed by atoms with Crippen LogP contribution in [0.15, 0.2) is 140 Å². The SMILES string of the molecule is c1ccc(-c2cc(-c3ccccc3)nc(-c3cccc(-n4c5ccccc5c5ccccc54)c3)n2)cc1. The second-order valence-electron chi connectivity index (χ2n) is 9.11. The first-order valence-electron chi connectivity index (χ1n) is 12.4. The molecule has 0 saturated heterocycles. The second-order valence-corrected chi connectivity index (χ2v) is 9.11. The highest BCUT2D eigenvalue weighted by Gasteiger charge is 2.14. The molecule has 0 bridgehead atoms. The lowest BCUT2D eigenvalue weighted by molar-refractivity contribution is 1.16. The van der Waals surface area contributed by atoms with Crippen molar-refractivity contribution < 1.29 is 0 Å². The van der Waals surface area contributed by atoms with Gasteiger partial charge in [0.1, 0.15) is 0 Å². The number of nitrogens with zero attached hydrogens (tertiary/aromatic N) is 3. The van der Waals surface area contributed by atoms with Crippen LogP contribution in [-0.4, -0.2) is 14.5 Å². The van der Waals surface area contributed by atoms with Crippen LogP contribution in [0.25, 0.3) is 61.4 Å². The Bertz CT molecular complexity index is 1760. The second kappa shape index (κ2) is 8.89. The molecule has 174 valence electrons. The van der Waals surface area contributed by atoms with Gasteiger partial charge in [0.2, 0.25) is 0 Å². The van der Waals surface area contributed by atoms with Crippen molar-refractivity contribution in [3.8, 4) is 39.6 Å². The maximum Gasteiger partial charge on any atom is 0.160 e. The average molecular weight is 474 g/mol. The van der Waals surface area contributed by atoms with Crippen LogP contribution < -0.4 is 0 Å². The first-order valence-corrected chi connectivity index (χ1v) is 12.4. The molecule has 37 heavy (non-hydrogen) atoms. The molecule has 0 amide bonds. The van der Waals surface area contributed by atoms with E-state index in [1.165, 1.54) is 21.8 Å². The van der Waals surface area contributed by atoms with Gasteiger partial charge >= 0.3 is 0 Å². The van der Waals surface area contributed by atoms with Crippen molar-refractivity contribution in [2.24, 2.45) is 0 Å². The van der Waals surface area contributed by atoms with E-state index in [9.17, 15) is 0 Å². The summed E-state index contributed by atoms with van der Waals surface area (Å²) in [5, 5.41) is 2.49. The highest BCUT2D eigenvalue weighted by atomic mass is 15.0. The topological polar surface area (TPSA) is 30.7 Å². The molecular weight excluding hydrogens is 450 g/mol. The first-order chi connectivity index (χ1) is 18.3. The molecule has 3 heteroatoms. The zero-order valence-corrected chi connectivity index (χ0v) is 20.1. The van der Waals surface area contributed by atoms with Crippen molar-refractivity contribution >= 4 is 21.8 Å². The highest BCUT2D eigenvalue weighted by molar-refractivity contribution is 6.09. The summed E-state index contributed by atoms with van der Waals surface area (Å²) < 4.78 is 2.33. The molecule has 7 aromatic rings. The van der Waals surface area contributed by atoms with Crippen molar-refractivity contribution in [1.29, 1.82) is 0 Å². The monoisotopic (exact) mass is 473 g/mol. The van der Waals surface area contributed by atoms with E-state index in [1.807, 2.05) is 36.4 Å². The van der Waals surface area contributed by atoms with Gasteiger partial charge < -0.3 is 4.57 Å². The quantitative estimate of drug-likeness (QED) is 0.256. The largest absolute Gasteiger partial charge is 0.309 e. The van der Waals surface area contributed by atoms with Crippen LogP contribution in [0.5, 0.6) is 0 Å². The summed E-state index contributed by atoms with van der Waals surface area (Å²) in [6, 6.07) is 48.3. The molecule has 0 spiro atoms. The van der Waals surface area contributed by atoms with E-state index in [0.29, 0.717) is 5.82 Å². The van der Waals surface area contributed by atoms with Crippen molar-refractivity contribution in [2.45, 2.75) is 0 Å². The summed E-state index contributed by atoms with van der Waals surface area (Å²) in [5.74, 6) is 0.711. The fourth-order valence-electron chi connectivity index (χ4n) is 5.07. The zero-order valence-electron chi connectivity index (χ0n) is 20.1. The molecule has 0 radical (unpaired) electrons. The van der Waals surface area contributed by atoms with Gasteiger partial charge in [0.15, 0.2) is 5.82 Å². The summed E-state index contributed by atoms with van der Waals surface area (Å²) in [6.45, 7) is 0. The van der Waals surface area contributed by atoms with Gasteiger partial charge in [-0.3, -0.25) is 0 Å². The molecule has 0 aliphatic carbocycles. The predicted molar refractivity (Wildman–Crippen MR) is 153 cm³/mol. The van der Waals surface area contributed by atoms with Crippen LogP contribution in [0, 0.1) is 0 Å². The van der Waals surface area contributed by atoms with Crippen molar-refractivity contribution in [2.75, 3.05) is 0 Å². The van der Waals surface area contributed by atoms with E-state index in [1.54, 1.807) is 0 Å².